The van der Waals surface area contributed by atoms with Gasteiger partial charge < -0.3 is 4.74 Å². The minimum atomic E-state index is 0.368. The smallest absolute Gasteiger partial charge is 0.122 e. The molecule has 0 aliphatic rings. The number of halogens is 1. The van der Waals surface area contributed by atoms with Crippen LogP contribution in [0.5, 0.6) is 5.75 Å². The molecule has 0 N–H and O–H groups in total. The highest BCUT2D eigenvalue weighted by molar-refractivity contribution is 6.19. The lowest BCUT2D eigenvalue weighted by atomic mass is 10.1. The number of alkyl halides is 1. The molecule has 0 saturated carbocycles. The van der Waals surface area contributed by atoms with Crippen molar-refractivity contribution in [2.45, 2.75) is 33.6 Å². The topological polar surface area (TPSA) is 9.23 Å². The van der Waals surface area contributed by atoms with E-state index in [9.17, 15) is 0 Å². The maximum atomic E-state index is 5.77. The van der Waals surface area contributed by atoms with Crippen molar-refractivity contribution in [1.82, 2.24) is 0 Å². The Morgan fingerprint density at radius 3 is 2.72 bits per heavy atom. The third-order valence-corrected chi connectivity index (χ3v) is 2.79. The van der Waals surface area contributed by atoms with Crippen LogP contribution in [0.4, 0.5) is 0 Å². The van der Waals surface area contributed by atoms with Crippen molar-refractivity contribution in [2.75, 3.05) is 12.5 Å². The number of hydrogen-bond acceptors (Lipinski definition) is 1. The molecule has 0 aromatic heterocycles. The molecule has 0 aliphatic heterocycles. The summed E-state index contributed by atoms with van der Waals surface area (Å²) in [5.41, 5.74) is 2.11. The van der Waals surface area contributed by atoms with E-state index >= 15 is 0 Å². The Morgan fingerprint density at radius 1 is 1.33 bits per heavy atom. The van der Waals surface area contributed by atoms with Crippen LogP contribution in [0.2, 0.25) is 0 Å². The molecule has 0 spiro atoms. The van der Waals surface area contributed by atoms with E-state index in [2.05, 4.69) is 25.7 Å². The van der Waals surface area contributed by atoms with E-state index < -0.39 is 0 Å². The molecule has 2 heteroatoms. The third-order valence-electron chi connectivity index (χ3n) is 2.66. The fourth-order valence-corrected chi connectivity index (χ4v) is 1.77. The molecule has 0 saturated heterocycles. The van der Waals surface area contributed by atoms with Gasteiger partial charge in [0.2, 0.25) is 0 Å². The van der Waals surface area contributed by atoms with Gasteiger partial charge in [0, 0.05) is 5.56 Å². The van der Waals surface area contributed by atoms with E-state index in [0.29, 0.717) is 5.88 Å². The second kappa shape index (κ2) is 8.06. The molecule has 0 heterocycles. The second-order valence-electron chi connectivity index (χ2n) is 4.80. The van der Waals surface area contributed by atoms with Crippen molar-refractivity contribution in [2.24, 2.45) is 5.92 Å². The van der Waals surface area contributed by atoms with Crippen molar-refractivity contribution in [3.8, 4) is 17.6 Å². The van der Waals surface area contributed by atoms with Crippen LogP contribution in [-0.2, 0) is 0 Å². The molecule has 0 radical (unpaired) electrons. The Labute approximate surface area is 115 Å². The molecule has 1 aromatic rings. The van der Waals surface area contributed by atoms with Gasteiger partial charge in [-0.3, -0.25) is 0 Å². The Bertz CT molecular complexity index is 426. The summed E-state index contributed by atoms with van der Waals surface area (Å²) in [5, 5.41) is 0. The lowest BCUT2D eigenvalue weighted by Crippen LogP contribution is -2.00. The lowest BCUT2D eigenvalue weighted by molar-refractivity contribution is 0.296. The van der Waals surface area contributed by atoms with Crippen LogP contribution in [0.1, 0.15) is 37.8 Å². The monoisotopic (exact) mass is 264 g/mol. The minimum absolute atomic E-state index is 0.368. The van der Waals surface area contributed by atoms with E-state index in [1.54, 1.807) is 0 Å². The summed E-state index contributed by atoms with van der Waals surface area (Å²) in [4.78, 5) is 0. The van der Waals surface area contributed by atoms with Crippen LogP contribution in [0.3, 0.4) is 0 Å². The molecule has 0 amide bonds. The van der Waals surface area contributed by atoms with Crippen molar-refractivity contribution in [3.05, 3.63) is 29.3 Å². The average molecular weight is 265 g/mol. The van der Waals surface area contributed by atoms with Gasteiger partial charge in [-0.15, -0.1) is 11.6 Å². The van der Waals surface area contributed by atoms with Gasteiger partial charge in [0.1, 0.15) is 5.75 Å². The highest BCUT2D eigenvalue weighted by Crippen LogP contribution is 2.19. The molecule has 18 heavy (non-hydrogen) atoms. The molecule has 1 aromatic carbocycles. The summed E-state index contributed by atoms with van der Waals surface area (Å²) in [6.45, 7) is 7.29. The quantitative estimate of drug-likeness (QED) is 0.435. The van der Waals surface area contributed by atoms with Gasteiger partial charge in [-0.25, -0.2) is 0 Å². The summed E-state index contributed by atoms with van der Waals surface area (Å²) < 4.78 is 5.77. The number of hydrogen-bond donors (Lipinski definition) is 0. The van der Waals surface area contributed by atoms with Crippen LogP contribution in [0.15, 0.2) is 18.2 Å². The molecule has 0 unspecified atom stereocenters. The zero-order valence-corrected chi connectivity index (χ0v) is 12.2. The number of rotatable bonds is 5. The third kappa shape index (κ3) is 5.47. The lowest BCUT2D eigenvalue weighted by Gasteiger charge is -2.10. The predicted octanol–water partition coefficient (Wildman–Crippen LogP) is 4.40. The number of aryl methyl sites for hydroxylation is 1. The molecular weight excluding hydrogens is 244 g/mol. The van der Waals surface area contributed by atoms with Crippen LogP contribution in [-0.4, -0.2) is 12.5 Å². The van der Waals surface area contributed by atoms with Gasteiger partial charge in [-0.2, -0.15) is 0 Å². The first-order chi connectivity index (χ1) is 8.63. The highest BCUT2D eigenvalue weighted by atomic mass is 35.5. The van der Waals surface area contributed by atoms with Crippen molar-refractivity contribution in [3.63, 3.8) is 0 Å². The van der Waals surface area contributed by atoms with Crippen molar-refractivity contribution < 1.29 is 4.74 Å². The molecule has 0 bridgehead atoms. The zero-order chi connectivity index (χ0) is 13.4. The Kier molecular flexibility index (Phi) is 6.68. The van der Waals surface area contributed by atoms with Crippen molar-refractivity contribution >= 4 is 11.6 Å². The first-order valence-electron chi connectivity index (χ1n) is 6.41. The molecule has 1 nitrogen and oxygen atoms in total. The first-order valence-corrected chi connectivity index (χ1v) is 6.95. The zero-order valence-electron chi connectivity index (χ0n) is 11.4. The van der Waals surface area contributed by atoms with Gasteiger partial charge >= 0.3 is 0 Å². The molecule has 0 atom stereocenters. The molecular formula is C16H21ClO. The average Bonchev–Trinajstić information content (AvgIpc) is 2.33. The summed E-state index contributed by atoms with van der Waals surface area (Å²) in [6.07, 6.45) is 2.31. The van der Waals surface area contributed by atoms with Gasteiger partial charge in [0.05, 0.1) is 12.5 Å². The van der Waals surface area contributed by atoms with E-state index in [1.165, 1.54) is 6.42 Å². The van der Waals surface area contributed by atoms with Gasteiger partial charge in [-0.1, -0.05) is 25.7 Å². The van der Waals surface area contributed by atoms with Gasteiger partial charge in [0.25, 0.3) is 0 Å². The van der Waals surface area contributed by atoms with Crippen LogP contribution < -0.4 is 4.74 Å². The molecule has 0 fully saturated rings. The van der Waals surface area contributed by atoms with Gasteiger partial charge in [0.15, 0.2) is 0 Å². The largest absolute Gasteiger partial charge is 0.493 e. The Hall–Kier alpha value is -1.13. The highest BCUT2D eigenvalue weighted by Gasteiger charge is 2.01. The standard InChI is InChI=1S/C16H21ClO/c1-13(2)6-5-11-18-16-9-8-15(7-4-10-17)12-14(16)3/h8-9,12-13H,5-6,10-11H2,1-3H3. The fraction of sp³-hybridized carbons (Fsp3) is 0.500. The summed E-state index contributed by atoms with van der Waals surface area (Å²) in [7, 11) is 0. The normalized spacial score (nSPS) is 10.1. The van der Waals surface area contributed by atoms with E-state index in [-0.39, 0.29) is 0 Å². The Morgan fingerprint density at radius 2 is 2.11 bits per heavy atom. The minimum Gasteiger partial charge on any atom is -0.493 e. The molecule has 98 valence electrons. The molecule has 1 rings (SSSR count). The van der Waals surface area contributed by atoms with E-state index in [4.69, 9.17) is 16.3 Å². The van der Waals surface area contributed by atoms with E-state index in [0.717, 1.165) is 35.8 Å². The summed E-state index contributed by atoms with van der Waals surface area (Å²) >= 11 is 5.53. The van der Waals surface area contributed by atoms with E-state index in [1.807, 2.05) is 25.1 Å². The van der Waals surface area contributed by atoms with Crippen LogP contribution in [0.25, 0.3) is 0 Å². The van der Waals surface area contributed by atoms with Gasteiger partial charge in [-0.05, 0) is 49.4 Å². The maximum Gasteiger partial charge on any atom is 0.122 e. The number of benzene rings is 1. The maximum absolute atomic E-state index is 5.77. The summed E-state index contributed by atoms with van der Waals surface area (Å²) in [6, 6.07) is 6.00. The predicted molar refractivity (Wildman–Crippen MR) is 78.3 cm³/mol. The Balaban J connectivity index is 2.52. The fourth-order valence-electron chi connectivity index (χ4n) is 1.70. The SMILES string of the molecule is Cc1cc(C#CCCl)ccc1OCCCC(C)C. The number of ether oxygens (including phenoxy) is 1. The van der Waals surface area contributed by atoms with Crippen LogP contribution in [0, 0.1) is 24.7 Å². The van der Waals surface area contributed by atoms with Crippen LogP contribution >= 0.6 is 11.6 Å². The van der Waals surface area contributed by atoms with Crippen molar-refractivity contribution in [1.29, 1.82) is 0 Å². The summed E-state index contributed by atoms with van der Waals surface area (Å²) in [5.74, 6) is 7.92. The first kappa shape index (κ1) is 14.9. The second-order valence-corrected chi connectivity index (χ2v) is 5.07. The molecule has 0 aliphatic carbocycles.